The van der Waals surface area contributed by atoms with Gasteiger partial charge in [-0.15, -0.1) is 0 Å². The molecule has 0 atom stereocenters. The van der Waals surface area contributed by atoms with Crippen molar-refractivity contribution in [1.82, 2.24) is 5.32 Å². The Morgan fingerprint density at radius 3 is 2.61 bits per heavy atom. The average molecular weight is 452 g/mol. The molecule has 3 rings (SSSR count). The van der Waals surface area contributed by atoms with Gasteiger partial charge in [0.05, 0.1) is 19.1 Å². The Labute approximate surface area is 194 Å². The van der Waals surface area contributed by atoms with E-state index in [0.717, 1.165) is 54.2 Å². The summed E-state index contributed by atoms with van der Waals surface area (Å²) in [5.41, 5.74) is 5.37. The summed E-state index contributed by atoms with van der Waals surface area (Å²) in [4.78, 5) is 23.8. The first kappa shape index (κ1) is 24.2. The highest BCUT2D eigenvalue weighted by molar-refractivity contribution is 5.82. The monoisotopic (exact) mass is 451 g/mol. The molecular weight excluding hydrogens is 421 g/mol. The van der Waals surface area contributed by atoms with E-state index >= 15 is 0 Å². The van der Waals surface area contributed by atoms with Gasteiger partial charge in [0.1, 0.15) is 17.3 Å². The number of allylic oxidation sites excluding steroid dienone is 3. The zero-order valence-electron chi connectivity index (χ0n) is 19.1. The predicted octanol–water partition coefficient (Wildman–Crippen LogP) is 5.14. The van der Waals surface area contributed by atoms with Gasteiger partial charge in [0, 0.05) is 6.54 Å². The van der Waals surface area contributed by atoms with Gasteiger partial charge in [-0.05, 0) is 84.2 Å². The van der Waals surface area contributed by atoms with Crippen LogP contribution in [-0.2, 0) is 30.6 Å². The van der Waals surface area contributed by atoms with Gasteiger partial charge in [-0.3, -0.25) is 9.59 Å². The molecular formula is C27H30FNO4. The first-order valence-electron chi connectivity index (χ1n) is 11.2. The number of rotatable bonds is 10. The lowest BCUT2D eigenvalue weighted by molar-refractivity contribution is -0.120. The molecule has 0 unspecified atom stereocenters. The number of carbonyl (C=O) groups is 2. The number of hydrogen-bond donors (Lipinski definition) is 2. The Morgan fingerprint density at radius 2 is 1.94 bits per heavy atom. The lowest BCUT2D eigenvalue weighted by atomic mass is 9.93. The number of phenolic OH excluding ortho intramolecular Hbond substituents is 1. The number of ether oxygens (including phenoxy) is 1. The number of amides is 1. The van der Waals surface area contributed by atoms with Crippen molar-refractivity contribution in [3.05, 3.63) is 81.7 Å². The van der Waals surface area contributed by atoms with E-state index in [0.29, 0.717) is 17.7 Å². The summed E-state index contributed by atoms with van der Waals surface area (Å²) in [6, 6.07) is 8.32. The standard InChI is InChI=1S/C27H30FNO4/c1-3-5-19(12-20-14-21(17-30)27(33-2)25-7-4-6-24(20)25)13-22(28)15-26(32)29-16-18-8-10-23(31)11-9-18/h5,8-11,13-14,17,31H,3-4,6-7,12,15-16H2,1-2H3,(H,29,32)/b19-5-,22-13+. The van der Waals surface area contributed by atoms with E-state index in [-0.39, 0.29) is 18.7 Å². The van der Waals surface area contributed by atoms with Crippen LogP contribution >= 0.6 is 0 Å². The first-order valence-corrected chi connectivity index (χ1v) is 11.2. The molecule has 0 radical (unpaired) electrons. The molecule has 0 bridgehead atoms. The molecule has 2 aromatic rings. The Kier molecular flexibility index (Phi) is 8.41. The van der Waals surface area contributed by atoms with E-state index < -0.39 is 11.7 Å². The second-order valence-corrected chi connectivity index (χ2v) is 8.16. The number of nitrogens with one attached hydrogen (secondary N) is 1. The summed E-state index contributed by atoms with van der Waals surface area (Å²) in [6.07, 6.45) is 7.82. The molecule has 1 aliphatic carbocycles. The maximum absolute atomic E-state index is 14.7. The third kappa shape index (κ3) is 6.31. The predicted molar refractivity (Wildman–Crippen MR) is 126 cm³/mol. The molecule has 2 N–H and O–H groups in total. The molecule has 33 heavy (non-hydrogen) atoms. The highest BCUT2D eigenvalue weighted by Crippen LogP contribution is 2.37. The molecule has 6 heteroatoms. The normalized spacial score (nSPS) is 13.5. The van der Waals surface area contributed by atoms with Crippen LogP contribution in [0.3, 0.4) is 0 Å². The minimum Gasteiger partial charge on any atom is -0.508 e. The van der Waals surface area contributed by atoms with E-state index in [4.69, 9.17) is 4.74 Å². The molecule has 2 aromatic carbocycles. The van der Waals surface area contributed by atoms with Crippen molar-refractivity contribution in [2.24, 2.45) is 0 Å². The van der Waals surface area contributed by atoms with Gasteiger partial charge in [0.25, 0.3) is 0 Å². The van der Waals surface area contributed by atoms with Crippen molar-refractivity contribution in [2.75, 3.05) is 7.11 Å². The molecule has 0 saturated heterocycles. The molecule has 5 nitrogen and oxygen atoms in total. The lowest BCUT2D eigenvalue weighted by Crippen LogP contribution is -2.22. The van der Waals surface area contributed by atoms with Crippen LogP contribution in [0.5, 0.6) is 11.5 Å². The maximum Gasteiger partial charge on any atom is 0.227 e. The third-order valence-corrected chi connectivity index (χ3v) is 5.76. The summed E-state index contributed by atoms with van der Waals surface area (Å²) < 4.78 is 20.2. The van der Waals surface area contributed by atoms with Crippen molar-refractivity contribution in [2.45, 2.75) is 52.0 Å². The molecule has 1 amide bonds. The van der Waals surface area contributed by atoms with Gasteiger partial charge >= 0.3 is 0 Å². The number of phenols is 1. The molecule has 1 aliphatic rings. The fourth-order valence-electron chi connectivity index (χ4n) is 4.30. The van der Waals surface area contributed by atoms with Crippen LogP contribution < -0.4 is 10.1 Å². The van der Waals surface area contributed by atoms with Crippen LogP contribution in [0.2, 0.25) is 0 Å². The number of carbonyl (C=O) groups excluding carboxylic acids is 2. The van der Waals surface area contributed by atoms with E-state index in [1.165, 1.54) is 23.8 Å². The SMILES string of the molecule is CC/C=C(\C=C(\F)CC(=O)NCc1ccc(O)cc1)Cc1cc(C=O)c(OC)c2c1CCC2. The first-order chi connectivity index (χ1) is 15.9. The summed E-state index contributed by atoms with van der Waals surface area (Å²) in [5, 5.41) is 12.0. The van der Waals surface area contributed by atoms with E-state index in [2.05, 4.69) is 5.32 Å². The number of hydrogen-bond acceptors (Lipinski definition) is 4. The summed E-state index contributed by atoms with van der Waals surface area (Å²) in [7, 11) is 1.58. The quantitative estimate of drug-likeness (QED) is 0.387. The van der Waals surface area contributed by atoms with Crippen molar-refractivity contribution in [3.63, 3.8) is 0 Å². The fourth-order valence-corrected chi connectivity index (χ4v) is 4.30. The summed E-state index contributed by atoms with van der Waals surface area (Å²) in [5.74, 6) is -0.133. The number of methoxy groups -OCH3 is 1. The number of halogens is 1. The van der Waals surface area contributed by atoms with Crippen LogP contribution in [0.1, 0.15) is 58.8 Å². The van der Waals surface area contributed by atoms with Crippen molar-refractivity contribution < 1.29 is 23.8 Å². The molecule has 0 aromatic heterocycles. The molecule has 174 valence electrons. The Balaban J connectivity index is 1.71. The van der Waals surface area contributed by atoms with Crippen molar-refractivity contribution in [3.8, 4) is 11.5 Å². The van der Waals surface area contributed by atoms with Crippen LogP contribution in [0.15, 0.2) is 53.9 Å². The third-order valence-electron chi connectivity index (χ3n) is 5.76. The molecule has 0 aliphatic heterocycles. The minimum absolute atomic E-state index is 0.150. The van der Waals surface area contributed by atoms with Crippen LogP contribution in [0.25, 0.3) is 0 Å². The minimum atomic E-state index is -0.515. The molecule has 0 saturated carbocycles. The zero-order chi connectivity index (χ0) is 23.8. The number of aromatic hydroxyl groups is 1. The van der Waals surface area contributed by atoms with E-state index in [9.17, 15) is 19.1 Å². The van der Waals surface area contributed by atoms with Gasteiger partial charge in [-0.1, -0.05) is 25.1 Å². The van der Waals surface area contributed by atoms with Gasteiger partial charge in [-0.25, -0.2) is 4.39 Å². The maximum atomic E-state index is 14.7. The molecule has 0 spiro atoms. The van der Waals surface area contributed by atoms with Crippen molar-refractivity contribution >= 4 is 12.2 Å². The Bertz CT molecular complexity index is 1070. The summed E-state index contributed by atoms with van der Waals surface area (Å²) >= 11 is 0. The van der Waals surface area contributed by atoms with E-state index in [1.807, 2.05) is 19.1 Å². The number of fused-ring (bicyclic) bond motifs is 1. The largest absolute Gasteiger partial charge is 0.508 e. The highest BCUT2D eigenvalue weighted by atomic mass is 19.1. The second-order valence-electron chi connectivity index (χ2n) is 8.16. The lowest BCUT2D eigenvalue weighted by Gasteiger charge is -2.15. The van der Waals surface area contributed by atoms with Gasteiger partial charge in [0.15, 0.2) is 6.29 Å². The van der Waals surface area contributed by atoms with Crippen molar-refractivity contribution in [1.29, 1.82) is 0 Å². The van der Waals surface area contributed by atoms with Crippen LogP contribution in [0, 0.1) is 0 Å². The molecule has 0 fully saturated rings. The number of benzene rings is 2. The Morgan fingerprint density at radius 1 is 1.21 bits per heavy atom. The van der Waals surface area contributed by atoms with Gasteiger partial charge in [0.2, 0.25) is 5.91 Å². The summed E-state index contributed by atoms with van der Waals surface area (Å²) in [6.45, 7) is 2.24. The van der Waals surface area contributed by atoms with Crippen LogP contribution in [-0.4, -0.2) is 24.4 Å². The topological polar surface area (TPSA) is 75.6 Å². The number of aldehydes is 1. The fraction of sp³-hybridized carbons (Fsp3) is 0.333. The molecule has 0 heterocycles. The Hall–Kier alpha value is -3.41. The van der Waals surface area contributed by atoms with Crippen LogP contribution in [0.4, 0.5) is 4.39 Å². The van der Waals surface area contributed by atoms with Gasteiger partial charge < -0.3 is 15.2 Å². The second kappa shape index (κ2) is 11.5. The average Bonchev–Trinajstić information content (AvgIpc) is 3.28. The highest BCUT2D eigenvalue weighted by Gasteiger charge is 2.22. The van der Waals surface area contributed by atoms with E-state index in [1.54, 1.807) is 19.2 Å². The zero-order valence-corrected chi connectivity index (χ0v) is 19.1. The smallest absolute Gasteiger partial charge is 0.227 e. The van der Waals surface area contributed by atoms with Gasteiger partial charge in [-0.2, -0.15) is 0 Å².